The SMILES string of the molecule is Cc1cc(F)cc(NC2(C(N)=O)CCCC(C3CC3)C2)c1. The van der Waals surface area contributed by atoms with Crippen LogP contribution < -0.4 is 11.1 Å². The number of primary amides is 1. The van der Waals surface area contributed by atoms with Crippen molar-refractivity contribution in [1.29, 1.82) is 0 Å². The van der Waals surface area contributed by atoms with Crippen LogP contribution in [0.2, 0.25) is 0 Å². The highest BCUT2D eigenvalue weighted by atomic mass is 19.1. The van der Waals surface area contributed by atoms with E-state index in [-0.39, 0.29) is 11.7 Å². The molecule has 3 rings (SSSR count). The summed E-state index contributed by atoms with van der Waals surface area (Å²) in [6, 6.07) is 4.79. The maximum absolute atomic E-state index is 13.6. The molecule has 2 aliphatic carbocycles. The summed E-state index contributed by atoms with van der Waals surface area (Å²) in [5, 5.41) is 3.27. The summed E-state index contributed by atoms with van der Waals surface area (Å²) in [7, 11) is 0. The molecule has 4 heteroatoms. The van der Waals surface area contributed by atoms with Gasteiger partial charge in [-0.25, -0.2) is 4.39 Å². The van der Waals surface area contributed by atoms with Crippen LogP contribution in [-0.4, -0.2) is 11.4 Å². The van der Waals surface area contributed by atoms with Crippen molar-refractivity contribution in [3.63, 3.8) is 0 Å². The largest absolute Gasteiger partial charge is 0.371 e. The molecule has 3 N–H and O–H groups in total. The van der Waals surface area contributed by atoms with Gasteiger partial charge in [0.1, 0.15) is 11.4 Å². The standard InChI is InChI=1S/C17H23FN2O/c1-11-7-14(18)9-15(8-11)20-17(16(19)21)6-2-3-13(10-17)12-4-5-12/h7-9,12-13,20H,2-6,10H2,1H3,(H2,19,21). The summed E-state index contributed by atoms with van der Waals surface area (Å²) in [4.78, 5) is 12.1. The maximum atomic E-state index is 13.6. The molecule has 0 aliphatic heterocycles. The highest BCUT2D eigenvalue weighted by Crippen LogP contribution is 2.47. The molecule has 2 fully saturated rings. The number of amides is 1. The number of carbonyl (C=O) groups excluding carboxylic acids is 1. The molecule has 2 aliphatic rings. The van der Waals surface area contributed by atoms with Gasteiger partial charge in [0, 0.05) is 5.69 Å². The maximum Gasteiger partial charge on any atom is 0.243 e. The average Bonchev–Trinajstić information content (AvgIpc) is 3.21. The summed E-state index contributed by atoms with van der Waals surface area (Å²) >= 11 is 0. The third kappa shape index (κ3) is 3.04. The molecular formula is C17H23FN2O. The Morgan fingerprint density at radius 3 is 2.67 bits per heavy atom. The van der Waals surface area contributed by atoms with Crippen LogP contribution in [0.25, 0.3) is 0 Å². The molecule has 0 heterocycles. The number of hydrogen-bond donors (Lipinski definition) is 2. The van der Waals surface area contributed by atoms with Gasteiger partial charge in [-0.2, -0.15) is 0 Å². The van der Waals surface area contributed by atoms with E-state index in [4.69, 9.17) is 5.73 Å². The second-order valence-electron chi connectivity index (χ2n) is 6.78. The predicted molar refractivity (Wildman–Crippen MR) is 81.4 cm³/mol. The second kappa shape index (κ2) is 5.32. The van der Waals surface area contributed by atoms with Crippen LogP contribution in [0, 0.1) is 24.6 Å². The van der Waals surface area contributed by atoms with Gasteiger partial charge in [0.05, 0.1) is 0 Å². The first-order valence-electron chi connectivity index (χ1n) is 7.84. The molecule has 0 aromatic heterocycles. The van der Waals surface area contributed by atoms with E-state index >= 15 is 0 Å². The van der Waals surface area contributed by atoms with E-state index in [1.165, 1.54) is 31.4 Å². The summed E-state index contributed by atoms with van der Waals surface area (Å²) in [6.45, 7) is 1.85. The Bertz CT molecular complexity index is 535. The lowest BCUT2D eigenvalue weighted by Crippen LogP contribution is -2.53. The molecule has 1 aromatic rings. The number of rotatable bonds is 4. The van der Waals surface area contributed by atoms with Crippen molar-refractivity contribution in [1.82, 2.24) is 0 Å². The van der Waals surface area contributed by atoms with Crippen LogP contribution in [0.4, 0.5) is 10.1 Å². The molecular weight excluding hydrogens is 267 g/mol. The zero-order chi connectivity index (χ0) is 15.0. The molecule has 0 saturated heterocycles. The molecule has 0 bridgehead atoms. The Morgan fingerprint density at radius 1 is 1.29 bits per heavy atom. The van der Waals surface area contributed by atoms with Crippen LogP contribution in [0.15, 0.2) is 18.2 Å². The van der Waals surface area contributed by atoms with Gasteiger partial charge < -0.3 is 11.1 Å². The lowest BCUT2D eigenvalue weighted by molar-refractivity contribution is -0.124. The summed E-state index contributed by atoms with van der Waals surface area (Å²) in [6.07, 6.45) is 6.26. The minimum Gasteiger partial charge on any atom is -0.371 e. The van der Waals surface area contributed by atoms with E-state index in [1.54, 1.807) is 0 Å². The third-order valence-corrected chi connectivity index (χ3v) is 4.98. The first kappa shape index (κ1) is 14.4. The lowest BCUT2D eigenvalue weighted by atomic mass is 9.73. The molecule has 21 heavy (non-hydrogen) atoms. The van der Waals surface area contributed by atoms with Crippen LogP contribution in [0.5, 0.6) is 0 Å². The van der Waals surface area contributed by atoms with Gasteiger partial charge in [0.2, 0.25) is 5.91 Å². The van der Waals surface area contributed by atoms with Crippen LogP contribution in [-0.2, 0) is 4.79 Å². The Morgan fingerprint density at radius 2 is 2.05 bits per heavy atom. The fourth-order valence-corrected chi connectivity index (χ4v) is 3.77. The average molecular weight is 290 g/mol. The van der Waals surface area contributed by atoms with E-state index in [9.17, 15) is 9.18 Å². The monoisotopic (exact) mass is 290 g/mol. The molecule has 1 amide bonds. The summed E-state index contributed by atoms with van der Waals surface area (Å²) < 4.78 is 13.6. The zero-order valence-electron chi connectivity index (χ0n) is 12.5. The number of nitrogens with two attached hydrogens (primary N) is 1. The minimum absolute atomic E-state index is 0.285. The summed E-state index contributed by atoms with van der Waals surface area (Å²) in [5.41, 5.74) is 6.49. The first-order valence-corrected chi connectivity index (χ1v) is 7.84. The van der Waals surface area contributed by atoms with Crippen molar-refractivity contribution < 1.29 is 9.18 Å². The topological polar surface area (TPSA) is 55.1 Å². The van der Waals surface area contributed by atoms with Crippen molar-refractivity contribution in [3.8, 4) is 0 Å². The lowest BCUT2D eigenvalue weighted by Gasteiger charge is -2.40. The van der Waals surface area contributed by atoms with E-state index in [2.05, 4.69) is 5.32 Å². The molecule has 0 radical (unpaired) electrons. The number of carbonyl (C=O) groups is 1. The van der Waals surface area contributed by atoms with Gasteiger partial charge in [0.15, 0.2) is 0 Å². The molecule has 0 spiro atoms. The van der Waals surface area contributed by atoms with Crippen LogP contribution in [0.3, 0.4) is 0 Å². The van der Waals surface area contributed by atoms with Gasteiger partial charge in [-0.3, -0.25) is 4.79 Å². The number of anilines is 1. The van der Waals surface area contributed by atoms with E-state index < -0.39 is 5.54 Å². The zero-order valence-corrected chi connectivity index (χ0v) is 12.5. The smallest absolute Gasteiger partial charge is 0.243 e. The van der Waals surface area contributed by atoms with E-state index in [0.29, 0.717) is 11.6 Å². The number of halogens is 1. The van der Waals surface area contributed by atoms with Crippen molar-refractivity contribution in [3.05, 3.63) is 29.6 Å². The normalized spacial score (nSPS) is 29.1. The molecule has 2 atom stereocenters. The van der Waals surface area contributed by atoms with Gasteiger partial charge in [-0.05, 0) is 74.6 Å². The molecule has 2 saturated carbocycles. The molecule has 1 aromatic carbocycles. The Balaban J connectivity index is 1.84. The third-order valence-electron chi connectivity index (χ3n) is 4.98. The number of nitrogens with one attached hydrogen (secondary N) is 1. The fraction of sp³-hybridized carbons (Fsp3) is 0.588. The Hall–Kier alpha value is -1.58. The van der Waals surface area contributed by atoms with Gasteiger partial charge in [0.25, 0.3) is 0 Å². The Labute approximate surface area is 125 Å². The van der Waals surface area contributed by atoms with Crippen LogP contribution >= 0.6 is 0 Å². The minimum atomic E-state index is -0.717. The highest BCUT2D eigenvalue weighted by Gasteiger charge is 2.45. The number of aryl methyl sites for hydroxylation is 1. The molecule has 3 nitrogen and oxygen atoms in total. The molecule has 114 valence electrons. The number of hydrogen-bond acceptors (Lipinski definition) is 2. The van der Waals surface area contributed by atoms with Gasteiger partial charge in [-0.15, -0.1) is 0 Å². The summed E-state index contributed by atoms with van der Waals surface area (Å²) in [5.74, 6) is 0.745. The first-order chi connectivity index (χ1) is 9.98. The second-order valence-corrected chi connectivity index (χ2v) is 6.78. The highest BCUT2D eigenvalue weighted by molar-refractivity contribution is 5.88. The van der Waals surface area contributed by atoms with Crippen LogP contribution in [0.1, 0.15) is 44.1 Å². The van der Waals surface area contributed by atoms with Gasteiger partial charge >= 0.3 is 0 Å². The van der Waals surface area contributed by atoms with Crippen molar-refractivity contribution in [2.75, 3.05) is 5.32 Å². The van der Waals surface area contributed by atoms with Crippen molar-refractivity contribution in [2.45, 2.75) is 51.0 Å². The van der Waals surface area contributed by atoms with Crippen molar-refractivity contribution >= 4 is 11.6 Å². The predicted octanol–water partition coefficient (Wildman–Crippen LogP) is 3.37. The van der Waals surface area contributed by atoms with Gasteiger partial charge in [-0.1, -0.05) is 6.42 Å². The van der Waals surface area contributed by atoms with E-state index in [0.717, 1.165) is 30.7 Å². The quantitative estimate of drug-likeness (QED) is 0.893. The fourth-order valence-electron chi connectivity index (χ4n) is 3.77. The Kier molecular flexibility index (Phi) is 3.64. The molecule has 2 unspecified atom stereocenters. The van der Waals surface area contributed by atoms with Crippen molar-refractivity contribution in [2.24, 2.45) is 17.6 Å². The van der Waals surface area contributed by atoms with E-state index in [1.807, 2.05) is 13.0 Å². The number of benzene rings is 1.